The minimum absolute atomic E-state index is 0.250. The average molecular weight is 175 g/mol. The molecule has 12 heavy (non-hydrogen) atoms. The quantitative estimate of drug-likeness (QED) is 0.609. The molecule has 1 aliphatic rings. The van der Waals surface area contributed by atoms with Crippen molar-refractivity contribution in [1.82, 2.24) is 4.90 Å². The van der Waals surface area contributed by atoms with E-state index < -0.39 is 0 Å². The predicted octanol–water partition coefficient (Wildman–Crippen LogP) is 2.13. The summed E-state index contributed by atoms with van der Waals surface area (Å²) in [5.74, 6) is 0. The first kappa shape index (κ1) is 14.4. The molecule has 0 saturated carbocycles. The van der Waals surface area contributed by atoms with Crippen LogP contribution in [0.4, 0.5) is 0 Å². The van der Waals surface area contributed by atoms with Crippen LogP contribution in [0.25, 0.3) is 0 Å². The third-order valence-electron chi connectivity index (χ3n) is 1.58. The number of aliphatic hydroxyl groups excluding tert-OH is 1. The van der Waals surface area contributed by atoms with Crippen molar-refractivity contribution in [3.63, 3.8) is 0 Å². The summed E-state index contributed by atoms with van der Waals surface area (Å²) in [6, 6.07) is 0. The molecule has 1 fully saturated rings. The second-order valence-electron chi connectivity index (χ2n) is 2.68. The zero-order chi connectivity index (χ0) is 9.82. The fourth-order valence-corrected chi connectivity index (χ4v) is 1.05. The van der Waals surface area contributed by atoms with E-state index in [1.54, 1.807) is 6.92 Å². The molecule has 0 aromatic carbocycles. The molecule has 0 radical (unpaired) electrons. The van der Waals surface area contributed by atoms with Crippen LogP contribution in [0.1, 0.15) is 40.0 Å². The van der Waals surface area contributed by atoms with Gasteiger partial charge in [-0.3, -0.25) is 0 Å². The van der Waals surface area contributed by atoms with Gasteiger partial charge in [0.25, 0.3) is 0 Å². The van der Waals surface area contributed by atoms with Crippen molar-refractivity contribution < 1.29 is 5.11 Å². The van der Waals surface area contributed by atoms with Gasteiger partial charge in [-0.25, -0.2) is 0 Å². The van der Waals surface area contributed by atoms with Crippen molar-refractivity contribution in [1.29, 1.82) is 0 Å². The van der Waals surface area contributed by atoms with E-state index in [2.05, 4.69) is 11.9 Å². The van der Waals surface area contributed by atoms with E-state index >= 15 is 0 Å². The Hall–Kier alpha value is -0.0800. The summed E-state index contributed by atoms with van der Waals surface area (Å²) in [7, 11) is 2.19. The number of rotatable bonds is 0. The van der Waals surface area contributed by atoms with Gasteiger partial charge in [-0.1, -0.05) is 20.3 Å². The zero-order valence-electron chi connectivity index (χ0n) is 9.14. The predicted molar refractivity (Wildman–Crippen MR) is 55.5 cm³/mol. The average Bonchev–Trinajstić information content (AvgIpc) is 2.11. The lowest BCUT2D eigenvalue weighted by Gasteiger charge is -2.20. The molecule has 0 aromatic heterocycles. The number of aliphatic hydroxyl groups is 1. The van der Waals surface area contributed by atoms with Crippen LogP contribution in [0.5, 0.6) is 0 Å². The van der Waals surface area contributed by atoms with Crippen LogP contribution in [0.3, 0.4) is 0 Å². The van der Waals surface area contributed by atoms with E-state index in [1.165, 1.54) is 32.4 Å². The highest BCUT2D eigenvalue weighted by Gasteiger charge is 2.02. The first-order valence-electron chi connectivity index (χ1n) is 5.10. The molecular formula is C10H25NO. The molecule has 0 amide bonds. The Morgan fingerprint density at radius 3 is 1.58 bits per heavy atom. The second kappa shape index (κ2) is 13.5. The Balaban J connectivity index is 0. The van der Waals surface area contributed by atoms with E-state index in [0.29, 0.717) is 0 Å². The van der Waals surface area contributed by atoms with Gasteiger partial charge in [0, 0.05) is 6.61 Å². The maximum absolute atomic E-state index is 7.57. The molecule has 0 aliphatic carbocycles. The Morgan fingerprint density at radius 2 is 1.42 bits per heavy atom. The highest BCUT2D eigenvalue weighted by molar-refractivity contribution is 4.58. The van der Waals surface area contributed by atoms with Crippen LogP contribution in [0.2, 0.25) is 0 Å². The summed E-state index contributed by atoms with van der Waals surface area (Å²) in [4.78, 5) is 2.39. The van der Waals surface area contributed by atoms with E-state index in [0.717, 1.165) is 0 Å². The Morgan fingerprint density at radius 1 is 1.08 bits per heavy atom. The molecular weight excluding hydrogens is 150 g/mol. The van der Waals surface area contributed by atoms with Gasteiger partial charge in [0.05, 0.1) is 0 Å². The molecule has 1 aliphatic heterocycles. The van der Waals surface area contributed by atoms with Crippen molar-refractivity contribution in [2.75, 3.05) is 26.7 Å². The molecule has 0 atom stereocenters. The molecule has 0 aromatic rings. The van der Waals surface area contributed by atoms with Crippen molar-refractivity contribution in [2.24, 2.45) is 0 Å². The van der Waals surface area contributed by atoms with Gasteiger partial charge >= 0.3 is 0 Å². The fraction of sp³-hybridized carbons (Fsp3) is 1.00. The molecule has 1 saturated heterocycles. The standard InChI is InChI=1S/C6H13N.C2H6O.C2H6/c1-7-5-3-2-4-6-7;1-2-3;1-2/h2-6H2,1H3;3H,2H2,1H3;1-2H3. The number of hydrogen-bond donors (Lipinski definition) is 1. The van der Waals surface area contributed by atoms with Gasteiger partial charge in [0.15, 0.2) is 0 Å². The first-order valence-corrected chi connectivity index (χ1v) is 5.10. The van der Waals surface area contributed by atoms with E-state index in [4.69, 9.17) is 5.11 Å². The van der Waals surface area contributed by atoms with E-state index in [9.17, 15) is 0 Å². The van der Waals surface area contributed by atoms with Crippen LogP contribution >= 0.6 is 0 Å². The summed E-state index contributed by atoms with van der Waals surface area (Å²) < 4.78 is 0. The Labute approximate surface area is 77.6 Å². The Bertz CT molecular complexity index is 60.9. The molecule has 1 rings (SSSR count). The van der Waals surface area contributed by atoms with Crippen LogP contribution in [0.15, 0.2) is 0 Å². The van der Waals surface area contributed by atoms with Crippen molar-refractivity contribution >= 4 is 0 Å². The SMILES string of the molecule is CC.CCO.CN1CCCCC1. The highest BCUT2D eigenvalue weighted by atomic mass is 16.2. The van der Waals surface area contributed by atoms with Crippen LogP contribution in [-0.4, -0.2) is 36.8 Å². The van der Waals surface area contributed by atoms with E-state index in [1.807, 2.05) is 13.8 Å². The summed E-state index contributed by atoms with van der Waals surface area (Å²) in [5, 5.41) is 7.57. The third kappa shape index (κ3) is 12.6. The largest absolute Gasteiger partial charge is 0.397 e. The summed E-state index contributed by atoms with van der Waals surface area (Å²) in [6.07, 6.45) is 4.28. The lowest BCUT2D eigenvalue weighted by molar-refractivity contribution is 0.277. The molecule has 0 unspecified atom stereocenters. The summed E-state index contributed by atoms with van der Waals surface area (Å²) in [5.41, 5.74) is 0. The number of likely N-dealkylation sites (tertiary alicyclic amines) is 1. The third-order valence-corrected chi connectivity index (χ3v) is 1.58. The van der Waals surface area contributed by atoms with Gasteiger partial charge in [-0.05, 0) is 39.9 Å². The molecule has 2 heteroatoms. The number of hydrogen-bond acceptors (Lipinski definition) is 2. The summed E-state index contributed by atoms with van der Waals surface area (Å²) in [6.45, 7) is 8.57. The molecule has 1 N–H and O–H groups in total. The smallest absolute Gasteiger partial charge is 0.0402 e. The lowest BCUT2D eigenvalue weighted by Crippen LogP contribution is -2.24. The Kier molecular flexibility index (Phi) is 16.3. The fourth-order valence-electron chi connectivity index (χ4n) is 1.05. The van der Waals surface area contributed by atoms with Gasteiger partial charge in [-0.15, -0.1) is 0 Å². The van der Waals surface area contributed by atoms with Crippen molar-refractivity contribution in [3.8, 4) is 0 Å². The minimum Gasteiger partial charge on any atom is -0.397 e. The number of piperidine rings is 1. The highest BCUT2D eigenvalue weighted by Crippen LogP contribution is 2.04. The molecule has 1 heterocycles. The second-order valence-corrected chi connectivity index (χ2v) is 2.68. The van der Waals surface area contributed by atoms with Gasteiger partial charge < -0.3 is 10.0 Å². The van der Waals surface area contributed by atoms with E-state index in [-0.39, 0.29) is 6.61 Å². The molecule has 0 bridgehead atoms. The van der Waals surface area contributed by atoms with Crippen molar-refractivity contribution in [3.05, 3.63) is 0 Å². The van der Waals surface area contributed by atoms with Crippen LogP contribution in [-0.2, 0) is 0 Å². The molecule has 0 spiro atoms. The van der Waals surface area contributed by atoms with Gasteiger partial charge in [0.2, 0.25) is 0 Å². The van der Waals surface area contributed by atoms with Crippen molar-refractivity contribution in [2.45, 2.75) is 40.0 Å². The lowest BCUT2D eigenvalue weighted by atomic mass is 10.1. The van der Waals surface area contributed by atoms with Crippen LogP contribution < -0.4 is 0 Å². The first-order chi connectivity index (χ1) is 5.81. The minimum atomic E-state index is 0.250. The zero-order valence-corrected chi connectivity index (χ0v) is 9.14. The summed E-state index contributed by atoms with van der Waals surface area (Å²) >= 11 is 0. The molecule has 76 valence electrons. The van der Waals surface area contributed by atoms with Crippen LogP contribution in [0, 0.1) is 0 Å². The monoisotopic (exact) mass is 175 g/mol. The maximum Gasteiger partial charge on any atom is 0.0402 e. The molecule has 2 nitrogen and oxygen atoms in total. The topological polar surface area (TPSA) is 23.5 Å². The van der Waals surface area contributed by atoms with Gasteiger partial charge in [0.1, 0.15) is 0 Å². The normalized spacial score (nSPS) is 16.8. The van der Waals surface area contributed by atoms with Gasteiger partial charge in [-0.2, -0.15) is 0 Å². The number of nitrogens with zero attached hydrogens (tertiary/aromatic N) is 1. The maximum atomic E-state index is 7.57.